The van der Waals surface area contributed by atoms with Crippen molar-refractivity contribution in [2.45, 2.75) is 51.7 Å². The predicted octanol–water partition coefficient (Wildman–Crippen LogP) is 2.47. The van der Waals surface area contributed by atoms with Gasteiger partial charge in [0.25, 0.3) is 5.91 Å². The number of nitrogens with one attached hydrogen (secondary N) is 2. The molecule has 1 amide bonds. The topological polar surface area (TPSA) is 41.1 Å². The van der Waals surface area contributed by atoms with E-state index in [1.54, 1.807) is 0 Å². The first kappa shape index (κ1) is 13.1. The van der Waals surface area contributed by atoms with Crippen molar-refractivity contribution in [3.05, 3.63) is 35.4 Å². The van der Waals surface area contributed by atoms with Gasteiger partial charge in [0.15, 0.2) is 0 Å². The quantitative estimate of drug-likeness (QED) is 0.857. The highest BCUT2D eigenvalue weighted by molar-refractivity contribution is 5.94. The average Bonchev–Trinajstić information content (AvgIpc) is 3.10. The van der Waals surface area contributed by atoms with Crippen molar-refractivity contribution in [3.8, 4) is 0 Å². The van der Waals surface area contributed by atoms with Gasteiger partial charge in [-0.25, -0.2) is 0 Å². The van der Waals surface area contributed by atoms with Crippen LogP contribution in [0.4, 0.5) is 0 Å². The van der Waals surface area contributed by atoms with Gasteiger partial charge in [0.1, 0.15) is 0 Å². The van der Waals surface area contributed by atoms with Gasteiger partial charge in [0.2, 0.25) is 0 Å². The van der Waals surface area contributed by atoms with Crippen molar-refractivity contribution in [1.82, 2.24) is 10.6 Å². The lowest BCUT2D eigenvalue weighted by molar-refractivity contribution is 0.0951. The summed E-state index contributed by atoms with van der Waals surface area (Å²) in [5.41, 5.74) is 2.00. The van der Waals surface area contributed by atoms with E-state index in [0.717, 1.165) is 30.5 Å². The molecule has 0 atom stereocenters. The minimum absolute atomic E-state index is 0.0510. The summed E-state index contributed by atoms with van der Waals surface area (Å²) in [5, 5.41) is 6.44. The predicted molar refractivity (Wildman–Crippen MR) is 73.5 cm³/mol. The SMILES string of the molecule is CC(C)(C)NCc1cccc(C(=O)NC2CC2)c1. The van der Waals surface area contributed by atoms with Gasteiger partial charge >= 0.3 is 0 Å². The maximum atomic E-state index is 11.9. The molecule has 3 heteroatoms. The van der Waals surface area contributed by atoms with Gasteiger partial charge in [0.05, 0.1) is 0 Å². The van der Waals surface area contributed by atoms with Crippen molar-refractivity contribution in [2.24, 2.45) is 0 Å². The highest BCUT2D eigenvalue weighted by atomic mass is 16.1. The molecule has 0 saturated heterocycles. The van der Waals surface area contributed by atoms with Gasteiger partial charge in [-0.1, -0.05) is 12.1 Å². The molecule has 0 radical (unpaired) electrons. The van der Waals surface area contributed by atoms with E-state index in [9.17, 15) is 4.79 Å². The maximum Gasteiger partial charge on any atom is 0.251 e. The zero-order valence-corrected chi connectivity index (χ0v) is 11.4. The van der Waals surface area contributed by atoms with Crippen LogP contribution in [0, 0.1) is 0 Å². The number of hydrogen-bond donors (Lipinski definition) is 2. The van der Waals surface area contributed by atoms with Crippen LogP contribution in [0.3, 0.4) is 0 Å². The molecule has 2 N–H and O–H groups in total. The Labute approximate surface area is 109 Å². The first-order valence-electron chi connectivity index (χ1n) is 6.59. The molecular formula is C15H22N2O. The molecule has 0 spiro atoms. The molecule has 1 aromatic carbocycles. The smallest absolute Gasteiger partial charge is 0.251 e. The summed E-state index contributed by atoms with van der Waals surface area (Å²) >= 11 is 0. The third kappa shape index (κ3) is 4.15. The Morgan fingerprint density at radius 1 is 1.33 bits per heavy atom. The van der Waals surface area contributed by atoms with Crippen molar-refractivity contribution in [2.75, 3.05) is 0 Å². The Kier molecular flexibility index (Phi) is 3.71. The van der Waals surface area contributed by atoms with Gasteiger partial charge in [-0.05, 0) is 51.3 Å². The molecule has 1 fully saturated rings. The summed E-state index contributed by atoms with van der Waals surface area (Å²) in [4.78, 5) is 11.9. The molecule has 18 heavy (non-hydrogen) atoms. The largest absolute Gasteiger partial charge is 0.349 e. The molecule has 0 aliphatic heterocycles. The molecule has 0 heterocycles. The second kappa shape index (κ2) is 5.11. The molecule has 0 aromatic heterocycles. The Hall–Kier alpha value is -1.35. The van der Waals surface area contributed by atoms with E-state index < -0.39 is 0 Å². The fourth-order valence-corrected chi connectivity index (χ4v) is 1.69. The average molecular weight is 246 g/mol. The fraction of sp³-hybridized carbons (Fsp3) is 0.533. The second-order valence-electron chi connectivity index (χ2n) is 6.05. The zero-order valence-electron chi connectivity index (χ0n) is 11.4. The Bertz CT molecular complexity index is 430. The van der Waals surface area contributed by atoms with Crippen LogP contribution in [0.25, 0.3) is 0 Å². The van der Waals surface area contributed by atoms with Crippen molar-refractivity contribution >= 4 is 5.91 Å². The molecule has 1 aliphatic rings. The van der Waals surface area contributed by atoms with E-state index in [2.05, 4.69) is 31.4 Å². The molecule has 98 valence electrons. The van der Waals surface area contributed by atoms with Gasteiger partial charge < -0.3 is 10.6 Å². The summed E-state index contributed by atoms with van der Waals surface area (Å²) in [7, 11) is 0. The molecule has 0 bridgehead atoms. The summed E-state index contributed by atoms with van der Waals surface area (Å²) in [6.45, 7) is 7.19. The number of amides is 1. The number of rotatable bonds is 4. The lowest BCUT2D eigenvalue weighted by Crippen LogP contribution is -2.35. The third-order valence-electron chi connectivity index (χ3n) is 2.92. The molecule has 1 aliphatic carbocycles. The van der Waals surface area contributed by atoms with Crippen molar-refractivity contribution in [1.29, 1.82) is 0 Å². The maximum absolute atomic E-state index is 11.9. The number of carbonyl (C=O) groups is 1. The Morgan fingerprint density at radius 3 is 2.67 bits per heavy atom. The summed E-state index contributed by atoms with van der Waals surface area (Å²) < 4.78 is 0. The standard InChI is InChI=1S/C15H22N2O/c1-15(2,3)16-10-11-5-4-6-12(9-11)14(18)17-13-7-8-13/h4-6,9,13,16H,7-8,10H2,1-3H3,(H,17,18). The molecule has 3 nitrogen and oxygen atoms in total. The van der Waals surface area contributed by atoms with E-state index in [0.29, 0.717) is 6.04 Å². The van der Waals surface area contributed by atoms with Crippen LogP contribution in [0.5, 0.6) is 0 Å². The first-order valence-corrected chi connectivity index (χ1v) is 6.59. The van der Waals surface area contributed by atoms with Crippen LogP contribution in [0.1, 0.15) is 49.5 Å². The van der Waals surface area contributed by atoms with E-state index >= 15 is 0 Å². The van der Waals surface area contributed by atoms with Crippen LogP contribution in [0.15, 0.2) is 24.3 Å². The lowest BCUT2D eigenvalue weighted by Gasteiger charge is -2.20. The second-order valence-corrected chi connectivity index (χ2v) is 6.05. The Balaban J connectivity index is 1.97. The first-order chi connectivity index (χ1) is 8.44. The lowest BCUT2D eigenvalue weighted by atomic mass is 10.1. The van der Waals surface area contributed by atoms with Crippen LogP contribution >= 0.6 is 0 Å². The van der Waals surface area contributed by atoms with Gasteiger partial charge in [-0.15, -0.1) is 0 Å². The van der Waals surface area contributed by atoms with E-state index in [-0.39, 0.29) is 11.4 Å². The van der Waals surface area contributed by atoms with E-state index in [1.807, 2.05) is 24.3 Å². The normalized spacial score (nSPS) is 15.5. The monoisotopic (exact) mass is 246 g/mol. The van der Waals surface area contributed by atoms with Gasteiger partial charge in [-0.2, -0.15) is 0 Å². The van der Waals surface area contributed by atoms with E-state index in [4.69, 9.17) is 0 Å². The van der Waals surface area contributed by atoms with E-state index in [1.165, 1.54) is 0 Å². The number of carbonyl (C=O) groups excluding carboxylic acids is 1. The highest BCUT2D eigenvalue weighted by Crippen LogP contribution is 2.19. The zero-order chi connectivity index (χ0) is 13.2. The van der Waals surface area contributed by atoms with Gasteiger partial charge in [-0.3, -0.25) is 4.79 Å². The summed E-state index contributed by atoms with van der Waals surface area (Å²) in [6.07, 6.45) is 2.24. The van der Waals surface area contributed by atoms with Crippen molar-refractivity contribution < 1.29 is 4.79 Å². The minimum Gasteiger partial charge on any atom is -0.349 e. The van der Waals surface area contributed by atoms with Crippen LogP contribution in [-0.4, -0.2) is 17.5 Å². The van der Waals surface area contributed by atoms with Crippen molar-refractivity contribution in [3.63, 3.8) is 0 Å². The Morgan fingerprint density at radius 2 is 2.06 bits per heavy atom. The summed E-state index contributed by atoms with van der Waals surface area (Å²) in [5.74, 6) is 0.0510. The molecule has 2 rings (SSSR count). The highest BCUT2D eigenvalue weighted by Gasteiger charge is 2.23. The molecule has 1 aromatic rings. The number of benzene rings is 1. The summed E-state index contributed by atoms with van der Waals surface area (Å²) in [6, 6.07) is 8.25. The fourth-order valence-electron chi connectivity index (χ4n) is 1.69. The van der Waals surface area contributed by atoms with Crippen LogP contribution < -0.4 is 10.6 Å². The molecular weight excluding hydrogens is 224 g/mol. The molecule has 0 unspecified atom stereocenters. The minimum atomic E-state index is 0.0510. The number of hydrogen-bond acceptors (Lipinski definition) is 2. The third-order valence-corrected chi connectivity index (χ3v) is 2.92. The molecule has 1 saturated carbocycles. The van der Waals surface area contributed by atoms with Gasteiger partial charge in [0, 0.05) is 23.7 Å². The van der Waals surface area contributed by atoms with Crippen LogP contribution in [-0.2, 0) is 6.54 Å². The van der Waals surface area contributed by atoms with Crippen LogP contribution in [0.2, 0.25) is 0 Å².